The van der Waals surface area contributed by atoms with Crippen molar-refractivity contribution >= 4 is 18.0 Å². The van der Waals surface area contributed by atoms with Crippen LogP contribution in [0.2, 0.25) is 0 Å². The van der Waals surface area contributed by atoms with Gasteiger partial charge in [-0.3, -0.25) is 0 Å². The molecule has 0 heterocycles. The van der Waals surface area contributed by atoms with Crippen LogP contribution in [0.1, 0.15) is 96.5 Å². The monoisotopic (exact) mass is 444 g/mol. The van der Waals surface area contributed by atoms with Crippen LogP contribution in [0.4, 0.5) is 0 Å². The number of rotatable bonds is 17. The molecule has 4 heteroatoms. The molecule has 0 amide bonds. The van der Waals surface area contributed by atoms with E-state index in [0.29, 0.717) is 13.2 Å². The molecule has 0 aliphatic heterocycles. The fraction of sp³-hybridized carbons (Fsp3) is 0.571. The molecule has 0 aliphatic carbocycles. The van der Waals surface area contributed by atoms with Crippen LogP contribution >= 0.6 is 0 Å². The van der Waals surface area contributed by atoms with Gasteiger partial charge in [-0.15, -0.1) is 0 Å². The lowest BCUT2D eigenvalue weighted by Gasteiger charge is -2.03. The highest BCUT2D eigenvalue weighted by Crippen LogP contribution is 2.06. The molecule has 0 saturated heterocycles. The summed E-state index contributed by atoms with van der Waals surface area (Å²) in [5, 5.41) is 0. The van der Waals surface area contributed by atoms with E-state index in [-0.39, 0.29) is 0 Å². The van der Waals surface area contributed by atoms with Crippen molar-refractivity contribution in [3.05, 3.63) is 54.6 Å². The van der Waals surface area contributed by atoms with Gasteiger partial charge in [-0.1, -0.05) is 121 Å². The standard InChI is InChI=1S/C20H36O4.C8H8/c1-3-5-7-9-11-13-17-23-19(21)15-16-20(22)24-18-14-12-10-8-6-4-2;1-2-8-6-4-3-5-7-8/h15-16H,3-14,17-18H2,1-2H3;2-7H,1H2. The topological polar surface area (TPSA) is 52.6 Å². The first-order valence-electron chi connectivity index (χ1n) is 12.3. The Morgan fingerprint density at radius 2 is 1.09 bits per heavy atom. The van der Waals surface area contributed by atoms with Gasteiger partial charge < -0.3 is 9.47 Å². The number of hydrogen-bond acceptors (Lipinski definition) is 4. The number of carbonyl (C=O) groups is 2. The van der Waals surface area contributed by atoms with Crippen LogP contribution in [0.25, 0.3) is 6.08 Å². The van der Waals surface area contributed by atoms with E-state index < -0.39 is 11.9 Å². The molecule has 4 nitrogen and oxygen atoms in total. The first-order chi connectivity index (χ1) is 15.6. The first-order valence-corrected chi connectivity index (χ1v) is 12.3. The van der Waals surface area contributed by atoms with E-state index in [1.165, 1.54) is 56.9 Å². The zero-order valence-corrected chi connectivity index (χ0v) is 20.4. The highest BCUT2D eigenvalue weighted by atomic mass is 16.5. The Kier molecular flexibility index (Phi) is 21.6. The largest absolute Gasteiger partial charge is 0.463 e. The van der Waals surface area contributed by atoms with Crippen molar-refractivity contribution < 1.29 is 19.1 Å². The molecule has 0 atom stereocenters. The minimum atomic E-state index is -0.472. The molecular weight excluding hydrogens is 400 g/mol. The fourth-order valence-electron chi connectivity index (χ4n) is 2.93. The summed E-state index contributed by atoms with van der Waals surface area (Å²) in [7, 11) is 0. The van der Waals surface area contributed by atoms with Crippen LogP contribution in [0.15, 0.2) is 49.1 Å². The third-order valence-corrected chi connectivity index (χ3v) is 4.88. The van der Waals surface area contributed by atoms with Gasteiger partial charge in [0.15, 0.2) is 0 Å². The maximum Gasteiger partial charge on any atom is 0.331 e. The lowest BCUT2D eigenvalue weighted by atomic mass is 10.1. The molecule has 0 aliphatic rings. The van der Waals surface area contributed by atoms with Crippen LogP contribution < -0.4 is 0 Å². The second kappa shape index (κ2) is 23.3. The van der Waals surface area contributed by atoms with Gasteiger partial charge in [-0.2, -0.15) is 0 Å². The summed E-state index contributed by atoms with van der Waals surface area (Å²) in [6.07, 6.45) is 17.9. The van der Waals surface area contributed by atoms with E-state index in [1.807, 2.05) is 36.4 Å². The molecular formula is C28H44O4. The quantitative estimate of drug-likeness (QED) is 0.140. The van der Waals surface area contributed by atoms with E-state index in [1.54, 1.807) is 0 Å². The minimum Gasteiger partial charge on any atom is -0.463 e. The van der Waals surface area contributed by atoms with E-state index in [2.05, 4.69) is 20.4 Å². The van der Waals surface area contributed by atoms with Gasteiger partial charge in [-0.25, -0.2) is 9.59 Å². The van der Waals surface area contributed by atoms with Crippen LogP contribution in [0, 0.1) is 0 Å². The molecule has 1 rings (SSSR count). The molecule has 0 bridgehead atoms. The summed E-state index contributed by atoms with van der Waals surface area (Å²) in [4.78, 5) is 22.9. The smallest absolute Gasteiger partial charge is 0.331 e. The van der Waals surface area contributed by atoms with Crippen molar-refractivity contribution in [1.82, 2.24) is 0 Å². The molecule has 0 aromatic heterocycles. The molecule has 0 unspecified atom stereocenters. The SMILES string of the molecule is C=Cc1ccccc1.CCCCCCCCOC(=O)C=CC(=O)OCCCCCCCC. The van der Waals surface area contributed by atoms with Gasteiger partial charge in [-0.05, 0) is 18.4 Å². The normalized spacial score (nSPS) is 10.3. The maximum absolute atomic E-state index is 11.4. The van der Waals surface area contributed by atoms with E-state index in [9.17, 15) is 9.59 Å². The summed E-state index contributed by atoms with van der Waals surface area (Å²) < 4.78 is 10.1. The van der Waals surface area contributed by atoms with Gasteiger partial charge >= 0.3 is 11.9 Å². The highest BCUT2D eigenvalue weighted by Gasteiger charge is 2.01. The zero-order chi connectivity index (χ0) is 23.7. The van der Waals surface area contributed by atoms with Crippen molar-refractivity contribution in [3.63, 3.8) is 0 Å². The summed E-state index contributed by atoms with van der Waals surface area (Å²) >= 11 is 0. The van der Waals surface area contributed by atoms with Crippen LogP contribution in [-0.2, 0) is 19.1 Å². The number of unbranched alkanes of at least 4 members (excludes halogenated alkanes) is 10. The molecule has 0 fully saturated rings. The number of carbonyl (C=O) groups excluding carboxylic acids is 2. The number of ether oxygens (including phenoxy) is 2. The van der Waals surface area contributed by atoms with E-state index in [4.69, 9.17) is 9.47 Å². The first kappa shape index (κ1) is 29.6. The minimum absolute atomic E-state index is 0.419. The Hall–Kier alpha value is -2.36. The Balaban J connectivity index is 0.000000995. The molecule has 180 valence electrons. The molecule has 1 aromatic carbocycles. The predicted molar refractivity (Wildman–Crippen MR) is 134 cm³/mol. The van der Waals surface area contributed by atoms with Gasteiger partial charge in [0.05, 0.1) is 13.2 Å². The molecule has 1 aromatic rings. The van der Waals surface area contributed by atoms with Crippen molar-refractivity contribution in [1.29, 1.82) is 0 Å². The van der Waals surface area contributed by atoms with Crippen molar-refractivity contribution in [3.8, 4) is 0 Å². The third-order valence-electron chi connectivity index (χ3n) is 4.88. The fourth-order valence-corrected chi connectivity index (χ4v) is 2.93. The summed E-state index contributed by atoms with van der Waals surface area (Å²) in [5.74, 6) is -0.944. The summed E-state index contributed by atoms with van der Waals surface area (Å²) in [5.41, 5.74) is 1.17. The van der Waals surface area contributed by atoms with Crippen molar-refractivity contribution in [2.75, 3.05) is 13.2 Å². The van der Waals surface area contributed by atoms with Crippen molar-refractivity contribution in [2.24, 2.45) is 0 Å². The predicted octanol–water partition coefficient (Wildman–Crippen LogP) is 7.68. The average Bonchev–Trinajstić information content (AvgIpc) is 2.82. The lowest BCUT2D eigenvalue weighted by Crippen LogP contribution is -2.06. The third kappa shape index (κ3) is 20.9. The Bertz CT molecular complexity index is 575. The number of hydrogen-bond donors (Lipinski definition) is 0. The van der Waals surface area contributed by atoms with Crippen LogP contribution in [0.5, 0.6) is 0 Å². The van der Waals surface area contributed by atoms with Crippen LogP contribution in [-0.4, -0.2) is 25.2 Å². The highest BCUT2D eigenvalue weighted by molar-refractivity contribution is 5.91. The van der Waals surface area contributed by atoms with Gasteiger partial charge in [0, 0.05) is 12.2 Å². The molecule has 0 radical (unpaired) electrons. The maximum atomic E-state index is 11.4. The average molecular weight is 445 g/mol. The van der Waals surface area contributed by atoms with Gasteiger partial charge in [0.25, 0.3) is 0 Å². The molecule has 0 N–H and O–H groups in total. The number of benzene rings is 1. The number of esters is 2. The van der Waals surface area contributed by atoms with E-state index in [0.717, 1.165) is 37.8 Å². The van der Waals surface area contributed by atoms with E-state index >= 15 is 0 Å². The van der Waals surface area contributed by atoms with Crippen molar-refractivity contribution in [2.45, 2.75) is 90.9 Å². The van der Waals surface area contributed by atoms with Gasteiger partial charge in [0.1, 0.15) is 0 Å². The zero-order valence-electron chi connectivity index (χ0n) is 20.4. The lowest BCUT2D eigenvalue weighted by molar-refractivity contribution is -0.140. The molecule has 0 saturated carbocycles. The molecule has 0 spiro atoms. The molecule has 32 heavy (non-hydrogen) atoms. The Labute approximate surface area is 196 Å². The second-order valence-corrected chi connectivity index (χ2v) is 7.82. The second-order valence-electron chi connectivity index (χ2n) is 7.82. The Morgan fingerprint density at radius 1 is 0.688 bits per heavy atom. The Morgan fingerprint density at radius 3 is 1.47 bits per heavy atom. The summed E-state index contributed by atoms with van der Waals surface area (Å²) in [6, 6.07) is 10.0. The van der Waals surface area contributed by atoms with Crippen LogP contribution in [0.3, 0.4) is 0 Å². The summed E-state index contributed by atoms with van der Waals surface area (Å²) in [6.45, 7) is 8.84. The van der Waals surface area contributed by atoms with Gasteiger partial charge in [0.2, 0.25) is 0 Å².